The first-order chi connectivity index (χ1) is 6.50. The second kappa shape index (κ2) is 2.96. The van der Waals surface area contributed by atoms with Gasteiger partial charge in [0.2, 0.25) is 0 Å². The average Bonchev–Trinajstić information content (AvgIpc) is 2.55. The fraction of sp³-hybridized carbons (Fsp3) is 0.692. The van der Waals surface area contributed by atoms with Gasteiger partial charge in [-0.25, -0.2) is 0 Å². The lowest BCUT2D eigenvalue weighted by atomic mass is 9.68. The van der Waals surface area contributed by atoms with Gasteiger partial charge in [-0.3, -0.25) is 0 Å². The van der Waals surface area contributed by atoms with Gasteiger partial charge in [-0.05, 0) is 32.3 Å². The highest BCUT2D eigenvalue weighted by Gasteiger charge is 2.56. The molecule has 2 aliphatic rings. The molecule has 14 heavy (non-hydrogen) atoms. The molecule has 0 aliphatic carbocycles. The lowest BCUT2D eigenvalue weighted by Crippen LogP contribution is -2.32. The van der Waals surface area contributed by atoms with Crippen molar-refractivity contribution in [1.29, 1.82) is 0 Å². The Morgan fingerprint density at radius 2 is 2.07 bits per heavy atom. The van der Waals surface area contributed by atoms with E-state index in [2.05, 4.69) is 45.9 Å². The highest BCUT2D eigenvalue weighted by molar-refractivity contribution is 5.35. The van der Waals surface area contributed by atoms with E-state index in [-0.39, 0.29) is 11.0 Å². The molecule has 0 aromatic rings. The summed E-state index contributed by atoms with van der Waals surface area (Å²) in [6.45, 7) is 8.90. The second-order valence-electron chi connectivity index (χ2n) is 5.20. The fourth-order valence-electron chi connectivity index (χ4n) is 2.98. The molecule has 0 unspecified atom stereocenters. The minimum atomic E-state index is 0.0215. The van der Waals surface area contributed by atoms with Crippen LogP contribution in [-0.4, -0.2) is 11.7 Å². The molecule has 1 heteroatoms. The number of hydrogen-bond acceptors (Lipinski definition) is 1. The van der Waals surface area contributed by atoms with Crippen molar-refractivity contribution in [3.8, 4) is 0 Å². The predicted molar refractivity (Wildman–Crippen MR) is 59.2 cm³/mol. The van der Waals surface area contributed by atoms with Crippen LogP contribution in [0.25, 0.3) is 0 Å². The largest absolute Gasteiger partial charge is 0.367 e. The van der Waals surface area contributed by atoms with Crippen LogP contribution in [0.2, 0.25) is 0 Å². The highest BCUT2D eigenvalue weighted by Crippen LogP contribution is 2.57. The van der Waals surface area contributed by atoms with Gasteiger partial charge in [0.25, 0.3) is 0 Å². The van der Waals surface area contributed by atoms with Crippen molar-refractivity contribution < 1.29 is 4.74 Å². The zero-order chi connectivity index (χ0) is 10.4. The number of hydrogen-bond donors (Lipinski definition) is 0. The smallest absolute Gasteiger partial charge is 0.0877 e. The van der Waals surface area contributed by atoms with Crippen LogP contribution in [0.4, 0.5) is 0 Å². The number of ether oxygens (including phenoxy) is 1. The molecule has 0 amide bonds. The van der Waals surface area contributed by atoms with Crippen molar-refractivity contribution in [2.45, 2.75) is 52.2 Å². The van der Waals surface area contributed by atoms with Crippen molar-refractivity contribution in [3.05, 3.63) is 23.8 Å². The first-order valence-corrected chi connectivity index (χ1v) is 5.52. The van der Waals surface area contributed by atoms with Gasteiger partial charge in [0.15, 0.2) is 0 Å². The minimum absolute atomic E-state index is 0.0215. The van der Waals surface area contributed by atoms with E-state index in [1.54, 1.807) is 0 Å². The van der Waals surface area contributed by atoms with Gasteiger partial charge < -0.3 is 4.74 Å². The van der Waals surface area contributed by atoms with Gasteiger partial charge in [0.05, 0.1) is 11.7 Å². The summed E-state index contributed by atoms with van der Waals surface area (Å²) >= 11 is 0. The molecule has 2 aliphatic heterocycles. The average molecular weight is 192 g/mol. The zero-order valence-corrected chi connectivity index (χ0v) is 9.63. The Hall–Kier alpha value is -0.560. The highest BCUT2D eigenvalue weighted by atomic mass is 16.5. The number of rotatable bonds is 1. The molecule has 0 radical (unpaired) electrons. The van der Waals surface area contributed by atoms with E-state index in [0.717, 1.165) is 0 Å². The van der Waals surface area contributed by atoms with Crippen LogP contribution in [0.1, 0.15) is 40.5 Å². The zero-order valence-electron chi connectivity index (χ0n) is 9.63. The summed E-state index contributed by atoms with van der Waals surface area (Å²) in [7, 11) is 0. The van der Waals surface area contributed by atoms with E-state index >= 15 is 0 Å². The van der Waals surface area contributed by atoms with E-state index in [1.165, 1.54) is 18.4 Å². The Labute approximate surface area is 86.8 Å². The predicted octanol–water partition coefficient (Wildman–Crippen LogP) is 3.47. The van der Waals surface area contributed by atoms with Crippen LogP contribution in [-0.2, 0) is 4.74 Å². The molecular formula is C13H20O. The van der Waals surface area contributed by atoms with Crippen molar-refractivity contribution in [1.82, 2.24) is 0 Å². The van der Waals surface area contributed by atoms with E-state index in [4.69, 9.17) is 4.74 Å². The Morgan fingerprint density at radius 3 is 2.57 bits per heavy atom. The third-order valence-corrected chi connectivity index (χ3v) is 3.81. The van der Waals surface area contributed by atoms with Crippen molar-refractivity contribution >= 4 is 0 Å². The molecule has 1 nitrogen and oxygen atoms in total. The first-order valence-electron chi connectivity index (χ1n) is 5.52. The van der Waals surface area contributed by atoms with Gasteiger partial charge in [-0.2, -0.15) is 0 Å². The number of allylic oxidation sites excluding steroid dienone is 3. The maximum atomic E-state index is 6.08. The molecule has 0 aromatic carbocycles. The van der Waals surface area contributed by atoms with Crippen LogP contribution in [0, 0.1) is 5.41 Å². The summed E-state index contributed by atoms with van der Waals surface area (Å²) < 4.78 is 6.08. The maximum Gasteiger partial charge on any atom is 0.0877 e. The minimum Gasteiger partial charge on any atom is -0.367 e. The summed E-state index contributed by atoms with van der Waals surface area (Å²) in [6.07, 6.45) is 9.30. The summed E-state index contributed by atoms with van der Waals surface area (Å²) in [5, 5.41) is 0. The fourth-order valence-corrected chi connectivity index (χ4v) is 2.98. The molecule has 2 rings (SSSR count). The van der Waals surface area contributed by atoms with E-state index in [0.29, 0.717) is 6.10 Å². The maximum absolute atomic E-state index is 6.08. The van der Waals surface area contributed by atoms with Gasteiger partial charge in [0.1, 0.15) is 0 Å². The molecule has 2 heterocycles. The lowest BCUT2D eigenvalue weighted by Gasteiger charge is -2.32. The number of fused-ring (bicyclic) bond motifs is 2. The van der Waals surface area contributed by atoms with Crippen LogP contribution >= 0.6 is 0 Å². The molecular weight excluding hydrogens is 172 g/mol. The monoisotopic (exact) mass is 192 g/mol. The Bertz CT molecular complexity index is 292. The standard InChI is InChI=1S/C13H20O/c1-5-6-7-10-12(2,3)11-8-9-13(10,4)14-11/h5-7,11H,8-9H2,1-4H3/b6-5+,10-7+/t11-,13+/m0/s1. The van der Waals surface area contributed by atoms with Crippen molar-refractivity contribution in [2.75, 3.05) is 0 Å². The molecule has 2 fully saturated rings. The topological polar surface area (TPSA) is 9.23 Å². The summed E-state index contributed by atoms with van der Waals surface area (Å²) in [4.78, 5) is 0. The van der Waals surface area contributed by atoms with Crippen LogP contribution in [0.15, 0.2) is 23.8 Å². The van der Waals surface area contributed by atoms with Crippen LogP contribution in [0.3, 0.4) is 0 Å². The van der Waals surface area contributed by atoms with E-state index in [9.17, 15) is 0 Å². The molecule has 2 atom stereocenters. The molecule has 0 spiro atoms. The van der Waals surface area contributed by atoms with Gasteiger partial charge >= 0.3 is 0 Å². The van der Waals surface area contributed by atoms with E-state index < -0.39 is 0 Å². The molecule has 0 aromatic heterocycles. The third-order valence-electron chi connectivity index (χ3n) is 3.81. The molecule has 78 valence electrons. The van der Waals surface area contributed by atoms with Gasteiger partial charge in [-0.15, -0.1) is 0 Å². The molecule has 0 N–H and O–H groups in total. The quantitative estimate of drug-likeness (QED) is 0.618. The second-order valence-corrected chi connectivity index (χ2v) is 5.20. The van der Waals surface area contributed by atoms with Crippen molar-refractivity contribution in [2.24, 2.45) is 5.41 Å². The Kier molecular flexibility index (Phi) is 2.11. The van der Waals surface area contributed by atoms with Crippen LogP contribution in [0.5, 0.6) is 0 Å². The summed E-state index contributed by atoms with van der Waals surface area (Å²) in [5.41, 5.74) is 1.72. The SMILES string of the molecule is C/C=C/C=C1\C(C)(C)[C@@H]2CC[C@@]1(C)O2. The summed E-state index contributed by atoms with van der Waals surface area (Å²) in [5.74, 6) is 0. The van der Waals surface area contributed by atoms with E-state index in [1.807, 2.05) is 0 Å². The normalized spacial score (nSPS) is 42.9. The third kappa shape index (κ3) is 1.18. The Morgan fingerprint density at radius 1 is 1.36 bits per heavy atom. The first kappa shape index (κ1) is 9.97. The van der Waals surface area contributed by atoms with Gasteiger partial charge in [-0.1, -0.05) is 32.1 Å². The molecule has 2 bridgehead atoms. The van der Waals surface area contributed by atoms with Crippen LogP contribution < -0.4 is 0 Å². The summed E-state index contributed by atoms with van der Waals surface area (Å²) in [6, 6.07) is 0. The molecule has 2 saturated heterocycles. The Balaban J connectivity index is 2.39. The lowest BCUT2D eigenvalue weighted by molar-refractivity contribution is 0.0232. The van der Waals surface area contributed by atoms with Crippen molar-refractivity contribution in [3.63, 3.8) is 0 Å². The molecule has 0 saturated carbocycles. The van der Waals surface area contributed by atoms with Gasteiger partial charge in [0, 0.05) is 5.41 Å².